The fraction of sp³-hybridized carbons (Fsp3) is 0.429. The molecule has 0 saturated heterocycles. The fourth-order valence-corrected chi connectivity index (χ4v) is 1.59. The third-order valence-electron chi connectivity index (χ3n) is 2.31. The molecule has 5 nitrogen and oxygen atoms in total. The zero-order valence-corrected chi connectivity index (χ0v) is 12.6. The number of rotatable bonds is 3. The van der Waals surface area contributed by atoms with Gasteiger partial charge in [-0.05, 0) is 45.9 Å². The number of hydrogen-bond acceptors (Lipinski definition) is 4. The van der Waals surface area contributed by atoms with Crippen LogP contribution in [0.2, 0.25) is 5.02 Å². The van der Waals surface area contributed by atoms with Crippen molar-refractivity contribution in [2.24, 2.45) is 0 Å². The lowest BCUT2D eigenvalue weighted by Crippen LogP contribution is -2.42. The molecule has 0 aliphatic carbocycles. The lowest BCUT2D eigenvalue weighted by Gasteiger charge is -2.22. The molecule has 1 aromatic carbocycles. The van der Waals surface area contributed by atoms with E-state index in [1.54, 1.807) is 20.8 Å². The second-order valence-corrected chi connectivity index (χ2v) is 5.83. The first kappa shape index (κ1) is 16.3. The molecule has 6 heteroatoms. The van der Waals surface area contributed by atoms with Crippen LogP contribution in [0.3, 0.4) is 0 Å². The van der Waals surface area contributed by atoms with Crippen molar-refractivity contribution in [2.45, 2.75) is 39.3 Å². The Morgan fingerprint density at radius 3 is 2.50 bits per heavy atom. The highest BCUT2D eigenvalue weighted by molar-refractivity contribution is 6.31. The summed E-state index contributed by atoms with van der Waals surface area (Å²) >= 11 is 5.76. The first-order valence-electron chi connectivity index (χ1n) is 6.12. The van der Waals surface area contributed by atoms with Crippen LogP contribution in [0.15, 0.2) is 18.2 Å². The van der Waals surface area contributed by atoms with Crippen LogP contribution in [0.5, 0.6) is 5.75 Å². The molecule has 2 N–H and O–H groups in total. The number of ether oxygens (including phenoxy) is 1. The van der Waals surface area contributed by atoms with E-state index in [-0.39, 0.29) is 11.3 Å². The van der Waals surface area contributed by atoms with Crippen molar-refractivity contribution in [1.29, 1.82) is 0 Å². The molecule has 1 atom stereocenters. The first-order chi connectivity index (χ1) is 9.10. The normalized spacial score (nSPS) is 12.7. The number of nitrogens with one attached hydrogen (secondary N) is 1. The average Bonchev–Trinajstić information content (AvgIpc) is 2.29. The van der Waals surface area contributed by atoms with Crippen LogP contribution in [0, 0.1) is 0 Å². The first-order valence-corrected chi connectivity index (χ1v) is 6.50. The number of phenolic OH excluding ortho intramolecular Hbond substituents is 1. The molecule has 1 rings (SSSR count). The third kappa shape index (κ3) is 4.74. The van der Waals surface area contributed by atoms with Gasteiger partial charge in [-0.25, -0.2) is 4.79 Å². The lowest BCUT2D eigenvalue weighted by atomic mass is 10.1. The zero-order valence-electron chi connectivity index (χ0n) is 11.9. The number of carbonyl (C=O) groups is 2. The average molecular weight is 300 g/mol. The lowest BCUT2D eigenvalue weighted by molar-refractivity contribution is -0.156. The number of phenols is 1. The van der Waals surface area contributed by atoms with Crippen LogP contribution in [-0.4, -0.2) is 28.6 Å². The van der Waals surface area contributed by atoms with E-state index in [2.05, 4.69) is 5.32 Å². The van der Waals surface area contributed by atoms with Gasteiger partial charge in [0.1, 0.15) is 17.4 Å². The molecule has 0 heterocycles. The van der Waals surface area contributed by atoms with Gasteiger partial charge in [0, 0.05) is 5.02 Å². The molecular formula is C14H18ClNO4. The van der Waals surface area contributed by atoms with Crippen LogP contribution in [0.1, 0.15) is 38.1 Å². The zero-order chi connectivity index (χ0) is 15.5. The Kier molecular flexibility index (Phi) is 5.00. The molecule has 110 valence electrons. The van der Waals surface area contributed by atoms with Crippen molar-refractivity contribution in [2.75, 3.05) is 0 Å². The molecular weight excluding hydrogens is 282 g/mol. The standard InChI is InChI=1S/C14H18ClNO4/c1-8(13(19)20-14(2,3)4)16-12(18)10-7-9(15)5-6-11(10)17/h5-8,17H,1-4H3,(H,16,18)/t8-/m0/s1. The molecule has 0 unspecified atom stereocenters. The molecule has 0 fully saturated rings. The van der Waals surface area contributed by atoms with Crippen molar-refractivity contribution in [3.05, 3.63) is 28.8 Å². The highest BCUT2D eigenvalue weighted by Gasteiger charge is 2.24. The second-order valence-electron chi connectivity index (χ2n) is 5.39. The summed E-state index contributed by atoms with van der Waals surface area (Å²) in [5.41, 5.74) is -0.623. The maximum absolute atomic E-state index is 12.0. The summed E-state index contributed by atoms with van der Waals surface area (Å²) < 4.78 is 5.15. The van der Waals surface area contributed by atoms with Gasteiger partial charge >= 0.3 is 5.97 Å². The van der Waals surface area contributed by atoms with E-state index in [0.29, 0.717) is 5.02 Å². The van der Waals surface area contributed by atoms with Crippen molar-refractivity contribution >= 4 is 23.5 Å². The van der Waals surface area contributed by atoms with Gasteiger partial charge in [0.2, 0.25) is 0 Å². The Morgan fingerprint density at radius 1 is 1.35 bits per heavy atom. The van der Waals surface area contributed by atoms with Gasteiger partial charge in [-0.15, -0.1) is 0 Å². The number of esters is 1. The summed E-state index contributed by atoms with van der Waals surface area (Å²) in [6.45, 7) is 6.72. The Morgan fingerprint density at radius 2 is 1.95 bits per heavy atom. The predicted molar refractivity (Wildman–Crippen MR) is 75.9 cm³/mol. The molecule has 0 radical (unpaired) electrons. The Balaban J connectivity index is 2.75. The minimum atomic E-state index is -0.833. The van der Waals surface area contributed by atoms with Gasteiger partial charge in [-0.2, -0.15) is 0 Å². The Bertz CT molecular complexity index is 522. The highest BCUT2D eigenvalue weighted by Crippen LogP contribution is 2.21. The molecule has 0 saturated carbocycles. The van der Waals surface area contributed by atoms with Crippen LogP contribution in [0.4, 0.5) is 0 Å². The van der Waals surface area contributed by atoms with E-state index < -0.39 is 23.5 Å². The highest BCUT2D eigenvalue weighted by atomic mass is 35.5. The van der Waals surface area contributed by atoms with E-state index >= 15 is 0 Å². The molecule has 0 aromatic heterocycles. The van der Waals surface area contributed by atoms with Crippen molar-refractivity contribution < 1.29 is 19.4 Å². The number of amides is 1. The van der Waals surface area contributed by atoms with E-state index in [9.17, 15) is 14.7 Å². The number of aromatic hydroxyl groups is 1. The topological polar surface area (TPSA) is 75.6 Å². The third-order valence-corrected chi connectivity index (χ3v) is 2.55. The van der Waals surface area contributed by atoms with Crippen LogP contribution in [0.25, 0.3) is 0 Å². The molecule has 0 spiro atoms. The monoisotopic (exact) mass is 299 g/mol. The summed E-state index contributed by atoms with van der Waals surface area (Å²) in [6.07, 6.45) is 0. The summed E-state index contributed by atoms with van der Waals surface area (Å²) in [5.74, 6) is -1.35. The van der Waals surface area contributed by atoms with Crippen LogP contribution >= 0.6 is 11.6 Å². The summed E-state index contributed by atoms with van der Waals surface area (Å²) in [6, 6.07) is 3.27. The van der Waals surface area contributed by atoms with Gasteiger partial charge in [0.25, 0.3) is 5.91 Å². The molecule has 20 heavy (non-hydrogen) atoms. The molecule has 1 aromatic rings. The number of halogens is 1. The summed E-state index contributed by atoms with van der Waals surface area (Å²) in [5, 5.41) is 12.4. The van der Waals surface area contributed by atoms with E-state index in [1.165, 1.54) is 25.1 Å². The quantitative estimate of drug-likeness (QED) is 0.841. The van der Waals surface area contributed by atoms with Gasteiger partial charge in [0.05, 0.1) is 5.56 Å². The summed E-state index contributed by atoms with van der Waals surface area (Å²) in [4.78, 5) is 23.7. The predicted octanol–water partition coefficient (Wildman–Crippen LogP) is 2.51. The van der Waals surface area contributed by atoms with Gasteiger partial charge in [0.15, 0.2) is 0 Å². The van der Waals surface area contributed by atoms with E-state index in [1.807, 2.05) is 0 Å². The molecule has 0 bridgehead atoms. The molecule has 0 aliphatic rings. The number of carbonyl (C=O) groups excluding carboxylic acids is 2. The smallest absolute Gasteiger partial charge is 0.328 e. The van der Waals surface area contributed by atoms with Gasteiger partial charge in [-0.3, -0.25) is 4.79 Å². The largest absolute Gasteiger partial charge is 0.507 e. The van der Waals surface area contributed by atoms with Gasteiger partial charge < -0.3 is 15.2 Å². The minimum absolute atomic E-state index is 0.00732. The van der Waals surface area contributed by atoms with E-state index in [0.717, 1.165) is 0 Å². The van der Waals surface area contributed by atoms with Crippen molar-refractivity contribution in [3.8, 4) is 5.75 Å². The van der Waals surface area contributed by atoms with E-state index in [4.69, 9.17) is 16.3 Å². The maximum atomic E-state index is 12.0. The fourth-order valence-electron chi connectivity index (χ4n) is 1.41. The van der Waals surface area contributed by atoms with Crippen LogP contribution < -0.4 is 5.32 Å². The Hall–Kier alpha value is -1.75. The second kappa shape index (κ2) is 6.13. The van der Waals surface area contributed by atoms with Gasteiger partial charge in [-0.1, -0.05) is 11.6 Å². The number of hydrogen-bond donors (Lipinski definition) is 2. The minimum Gasteiger partial charge on any atom is -0.507 e. The van der Waals surface area contributed by atoms with Crippen molar-refractivity contribution in [3.63, 3.8) is 0 Å². The molecule has 1 amide bonds. The maximum Gasteiger partial charge on any atom is 0.328 e. The van der Waals surface area contributed by atoms with Crippen molar-refractivity contribution in [1.82, 2.24) is 5.32 Å². The van der Waals surface area contributed by atoms with Crippen LogP contribution in [-0.2, 0) is 9.53 Å². The Labute approximate surface area is 122 Å². The molecule has 0 aliphatic heterocycles. The summed E-state index contributed by atoms with van der Waals surface area (Å²) in [7, 11) is 0. The number of benzene rings is 1. The SMILES string of the molecule is C[C@H](NC(=O)c1cc(Cl)ccc1O)C(=O)OC(C)(C)C.